The summed E-state index contributed by atoms with van der Waals surface area (Å²) in [6, 6.07) is 0.166. The minimum absolute atomic E-state index is 0.0976. The van der Waals surface area contributed by atoms with Gasteiger partial charge < -0.3 is 15.4 Å². The molecule has 4 heteroatoms. The highest BCUT2D eigenvalue weighted by Crippen LogP contribution is 2.35. The average Bonchev–Trinajstić information content (AvgIpc) is 2.42. The van der Waals surface area contributed by atoms with Gasteiger partial charge in [0, 0.05) is 32.2 Å². The quantitative estimate of drug-likeness (QED) is 0.843. The summed E-state index contributed by atoms with van der Waals surface area (Å²) in [4.78, 5) is 14.8. The maximum Gasteiger partial charge on any atom is 0.226 e. The molecule has 1 amide bonds. The molecule has 1 aliphatic heterocycles. The van der Waals surface area contributed by atoms with Gasteiger partial charge in [-0.2, -0.15) is 0 Å². The minimum atomic E-state index is -0.179. The van der Waals surface area contributed by atoms with E-state index in [0.29, 0.717) is 17.7 Å². The Morgan fingerprint density at radius 1 is 1.30 bits per heavy atom. The van der Waals surface area contributed by atoms with E-state index in [0.717, 1.165) is 38.8 Å². The van der Waals surface area contributed by atoms with Crippen molar-refractivity contribution >= 4 is 5.91 Å². The van der Waals surface area contributed by atoms with E-state index < -0.39 is 0 Å². The molecule has 5 atom stereocenters. The predicted molar refractivity (Wildman–Crippen MR) is 80.3 cm³/mol. The number of carbonyl (C=O) groups is 1. The van der Waals surface area contributed by atoms with Crippen molar-refractivity contribution in [3.05, 3.63) is 0 Å². The molecule has 5 unspecified atom stereocenters. The van der Waals surface area contributed by atoms with Gasteiger partial charge in [-0.25, -0.2) is 0 Å². The Bertz CT molecular complexity index is 360. The third-order valence-corrected chi connectivity index (χ3v) is 5.47. The van der Waals surface area contributed by atoms with E-state index in [9.17, 15) is 4.79 Å². The van der Waals surface area contributed by atoms with Gasteiger partial charge in [-0.05, 0) is 44.4 Å². The molecule has 0 radical (unpaired) electrons. The number of amides is 1. The Morgan fingerprint density at radius 2 is 2.00 bits per heavy atom. The number of piperidine rings is 1. The Labute approximate surface area is 123 Å². The number of nitrogens with zero attached hydrogens (tertiary/aromatic N) is 1. The number of likely N-dealkylation sites (tertiary alicyclic amines) is 1. The van der Waals surface area contributed by atoms with E-state index in [1.165, 1.54) is 0 Å². The van der Waals surface area contributed by atoms with E-state index in [1.807, 2.05) is 4.90 Å². The number of ether oxygens (including phenoxy) is 1. The van der Waals surface area contributed by atoms with Crippen LogP contribution in [0.5, 0.6) is 0 Å². The number of hydrogen-bond donors (Lipinski definition) is 1. The normalized spacial score (nSPS) is 42.5. The Balaban J connectivity index is 2.03. The van der Waals surface area contributed by atoms with Crippen molar-refractivity contribution in [2.24, 2.45) is 23.5 Å². The van der Waals surface area contributed by atoms with Crippen LogP contribution in [0.1, 0.15) is 46.5 Å². The number of methoxy groups -OCH3 is 1. The Kier molecular flexibility index (Phi) is 4.75. The zero-order valence-corrected chi connectivity index (χ0v) is 13.4. The lowest BCUT2D eigenvalue weighted by Crippen LogP contribution is -2.53. The van der Waals surface area contributed by atoms with Crippen LogP contribution in [0.3, 0.4) is 0 Å². The third kappa shape index (κ3) is 3.17. The smallest absolute Gasteiger partial charge is 0.226 e. The average molecular weight is 282 g/mol. The molecule has 2 aliphatic rings. The molecular weight excluding hydrogens is 252 g/mol. The summed E-state index contributed by atoms with van der Waals surface area (Å²) in [6.45, 7) is 8.09. The fraction of sp³-hybridized carbons (Fsp3) is 0.938. The fourth-order valence-electron chi connectivity index (χ4n) is 3.82. The van der Waals surface area contributed by atoms with Gasteiger partial charge in [0.15, 0.2) is 0 Å². The van der Waals surface area contributed by atoms with Gasteiger partial charge in [-0.15, -0.1) is 0 Å². The molecule has 2 N–H and O–H groups in total. The van der Waals surface area contributed by atoms with E-state index in [1.54, 1.807) is 7.11 Å². The van der Waals surface area contributed by atoms with Gasteiger partial charge in [0.1, 0.15) is 0 Å². The molecule has 0 aromatic carbocycles. The zero-order valence-electron chi connectivity index (χ0n) is 13.4. The maximum absolute atomic E-state index is 12.8. The van der Waals surface area contributed by atoms with Crippen molar-refractivity contribution in [1.82, 2.24) is 4.90 Å². The van der Waals surface area contributed by atoms with E-state index >= 15 is 0 Å². The Morgan fingerprint density at radius 3 is 2.65 bits per heavy atom. The van der Waals surface area contributed by atoms with Crippen molar-refractivity contribution in [3.8, 4) is 0 Å². The largest absolute Gasteiger partial charge is 0.377 e. The SMILES string of the molecule is COC1(C)CCCN(C(=O)C2CC(N)C(C)CC2C)C1. The highest BCUT2D eigenvalue weighted by Gasteiger charge is 2.40. The van der Waals surface area contributed by atoms with Gasteiger partial charge in [-0.3, -0.25) is 4.79 Å². The van der Waals surface area contributed by atoms with E-state index in [-0.39, 0.29) is 17.6 Å². The lowest BCUT2D eigenvalue weighted by Gasteiger charge is -2.43. The van der Waals surface area contributed by atoms with Gasteiger partial charge in [-0.1, -0.05) is 13.8 Å². The molecule has 0 bridgehead atoms. The first kappa shape index (κ1) is 15.8. The molecule has 1 aliphatic carbocycles. The molecule has 1 heterocycles. The standard InChI is InChI=1S/C16H30N2O2/c1-11-8-12(2)14(17)9-13(11)15(19)18-7-5-6-16(3,10-18)20-4/h11-14H,5-10,17H2,1-4H3. The van der Waals surface area contributed by atoms with E-state index in [4.69, 9.17) is 10.5 Å². The molecule has 0 aromatic heterocycles. The molecule has 4 nitrogen and oxygen atoms in total. The summed E-state index contributed by atoms with van der Waals surface area (Å²) < 4.78 is 5.59. The summed E-state index contributed by atoms with van der Waals surface area (Å²) >= 11 is 0. The van der Waals surface area contributed by atoms with Crippen LogP contribution in [0.25, 0.3) is 0 Å². The topological polar surface area (TPSA) is 55.6 Å². The van der Waals surface area contributed by atoms with Crippen LogP contribution in [0, 0.1) is 17.8 Å². The molecule has 116 valence electrons. The second-order valence-corrected chi connectivity index (χ2v) is 7.21. The number of rotatable bonds is 2. The van der Waals surface area contributed by atoms with Crippen molar-refractivity contribution < 1.29 is 9.53 Å². The first-order valence-electron chi connectivity index (χ1n) is 7.96. The van der Waals surface area contributed by atoms with Crippen LogP contribution in [0.2, 0.25) is 0 Å². The van der Waals surface area contributed by atoms with E-state index in [2.05, 4.69) is 20.8 Å². The number of hydrogen-bond acceptors (Lipinski definition) is 3. The van der Waals surface area contributed by atoms with Crippen molar-refractivity contribution in [1.29, 1.82) is 0 Å². The van der Waals surface area contributed by atoms with Gasteiger partial charge in [0.05, 0.1) is 5.60 Å². The zero-order chi connectivity index (χ0) is 14.9. The van der Waals surface area contributed by atoms with Crippen LogP contribution >= 0.6 is 0 Å². The molecule has 0 spiro atoms. The summed E-state index contributed by atoms with van der Waals surface area (Å²) in [5.74, 6) is 1.36. The van der Waals surface area contributed by atoms with Gasteiger partial charge >= 0.3 is 0 Å². The summed E-state index contributed by atoms with van der Waals surface area (Å²) in [7, 11) is 1.74. The molecule has 0 aromatic rings. The second-order valence-electron chi connectivity index (χ2n) is 7.21. The van der Waals surface area contributed by atoms with Crippen LogP contribution in [-0.4, -0.2) is 42.6 Å². The first-order valence-corrected chi connectivity index (χ1v) is 7.96. The van der Waals surface area contributed by atoms with Gasteiger partial charge in [0.2, 0.25) is 5.91 Å². The number of carbonyl (C=O) groups excluding carboxylic acids is 1. The molecule has 1 saturated carbocycles. The highest BCUT2D eigenvalue weighted by molar-refractivity contribution is 5.79. The van der Waals surface area contributed by atoms with Crippen molar-refractivity contribution in [2.75, 3.05) is 20.2 Å². The lowest BCUT2D eigenvalue weighted by atomic mass is 9.72. The fourth-order valence-corrected chi connectivity index (χ4v) is 3.82. The predicted octanol–water partition coefficient (Wildman–Crippen LogP) is 2.02. The third-order valence-electron chi connectivity index (χ3n) is 5.47. The highest BCUT2D eigenvalue weighted by atomic mass is 16.5. The summed E-state index contributed by atoms with van der Waals surface area (Å²) in [5.41, 5.74) is 6.00. The van der Waals surface area contributed by atoms with Crippen molar-refractivity contribution in [2.45, 2.75) is 58.1 Å². The Hall–Kier alpha value is -0.610. The summed E-state index contributed by atoms with van der Waals surface area (Å²) in [6.07, 6.45) is 3.96. The molecule has 20 heavy (non-hydrogen) atoms. The molecular formula is C16H30N2O2. The monoisotopic (exact) mass is 282 g/mol. The van der Waals surface area contributed by atoms with Crippen LogP contribution in [0.15, 0.2) is 0 Å². The van der Waals surface area contributed by atoms with Gasteiger partial charge in [0.25, 0.3) is 0 Å². The van der Waals surface area contributed by atoms with Crippen molar-refractivity contribution in [3.63, 3.8) is 0 Å². The first-order chi connectivity index (χ1) is 9.36. The molecule has 2 fully saturated rings. The summed E-state index contributed by atoms with van der Waals surface area (Å²) in [5, 5.41) is 0. The van der Waals surface area contributed by atoms with Crippen LogP contribution < -0.4 is 5.73 Å². The maximum atomic E-state index is 12.8. The number of nitrogens with two attached hydrogens (primary N) is 1. The lowest BCUT2D eigenvalue weighted by molar-refractivity contribution is -0.146. The molecule has 1 saturated heterocycles. The molecule has 2 rings (SSSR count). The second kappa shape index (κ2) is 6.02. The van der Waals surface area contributed by atoms with Crippen LogP contribution in [0.4, 0.5) is 0 Å². The minimum Gasteiger partial charge on any atom is -0.377 e. The van der Waals surface area contributed by atoms with Crippen LogP contribution in [-0.2, 0) is 9.53 Å².